The summed E-state index contributed by atoms with van der Waals surface area (Å²) in [4.78, 5) is 12.7. The molecule has 1 unspecified atom stereocenters. The molecule has 0 aliphatic carbocycles. The average Bonchev–Trinajstić information content (AvgIpc) is 2.69. The third-order valence-corrected chi connectivity index (χ3v) is 4.36. The van der Waals surface area contributed by atoms with Gasteiger partial charge in [-0.1, -0.05) is 72.8 Å². The number of ketones is 1. The molecule has 1 atom stereocenters. The first-order chi connectivity index (χ1) is 12.3. The quantitative estimate of drug-likeness (QED) is 0.588. The van der Waals surface area contributed by atoms with E-state index in [0.717, 1.165) is 23.1 Å². The topological polar surface area (TPSA) is 40.9 Å². The second-order valence-corrected chi connectivity index (χ2v) is 6.11. The number of benzene rings is 3. The molecule has 0 aliphatic rings. The Morgan fingerprint density at radius 3 is 2.04 bits per heavy atom. The maximum atomic E-state index is 12.7. The molecule has 0 saturated carbocycles. The number of hydrogen-bond acceptors (Lipinski definition) is 2. The first-order valence-electron chi connectivity index (χ1n) is 8.38. The highest BCUT2D eigenvalue weighted by Gasteiger charge is 2.17. The minimum atomic E-state index is 0.113. The van der Waals surface area contributed by atoms with Gasteiger partial charge < -0.3 is 0 Å². The lowest BCUT2D eigenvalue weighted by atomic mass is 9.86. The molecular formula is C23H19NO. The molecule has 3 aromatic rings. The van der Waals surface area contributed by atoms with Gasteiger partial charge in [0.05, 0.1) is 11.6 Å². The van der Waals surface area contributed by atoms with Gasteiger partial charge in [-0.05, 0) is 35.6 Å². The molecule has 122 valence electrons. The lowest BCUT2D eigenvalue weighted by molar-refractivity contribution is 0.0973. The second-order valence-electron chi connectivity index (χ2n) is 6.11. The summed E-state index contributed by atoms with van der Waals surface area (Å²) in [7, 11) is 0. The van der Waals surface area contributed by atoms with Crippen molar-refractivity contribution in [1.29, 1.82) is 5.26 Å². The van der Waals surface area contributed by atoms with E-state index >= 15 is 0 Å². The molecule has 0 saturated heterocycles. The predicted molar refractivity (Wildman–Crippen MR) is 99.4 cm³/mol. The fraction of sp³-hybridized carbons (Fsp3) is 0.130. The number of hydrogen-bond donors (Lipinski definition) is 0. The smallest absolute Gasteiger partial charge is 0.163 e. The van der Waals surface area contributed by atoms with Crippen molar-refractivity contribution >= 4 is 5.78 Å². The SMILES string of the molecule is N#Cc1ccc(CC(CC(=O)c2ccccc2)c2ccccc2)cc1. The van der Waals surface area contributed by atoms with Crippen LogP contribution in [0.3, 0.4) is 0 Å². The van der Waals surface area contributed by atoms with Crippen LogP contribution in [-0.2, 0) is 6.42 Å². The molecule has 0 fully saturated rings. The summed E-state index contributed by atoms with van der Waals surface area (Å²) in [5.74, 6) is 0.268. The van der Waals surface area contributed by atoms with E-state index in [9.17, 15) is 4.79 Å². The third-order valence-electron chi connectivity index (χ3n) is 4.36. The molecule has 0 spiro atoms. The second kappa shape index (κ2) is 8.08. The summed E-state index contributed by atoms with van der Waals surface area (Å²) >= 11 is 0. The summed E-state index contributed by atoms with van der Waals surface area (Å²) in [5.41, 5.74) is 3.70. The number of nitrogens with zero attached hydrogens (tertiary/aromatic N) is 1. The molecule has 0 aromatic heterocycles. The van der Waals surface area contributed by atoms with Crippen molar-refractivity contribution in [1.82, 2.24) is 0 Å². The molecular weight excluding hydrogens is 306 g/mol. The summed E-state index contributed by atoms with van der Waals surface area (Å²) < 4.78 is 0. The molecule has 0 bridgehead atoms. The molecule has 0 aliphatic heterocycles. The Kier molecular flexibility index (Phi) is 5.39. The fourth-order valence-corrected chi connectivity index (χ4v) is 3.00. The highest BCUT2D eigenvalue weighted by atomic mass is 16.1. The molecule has 2 heteroatoms. The molecule has 0 radical (unpaired) electrons. The molecule has 0 amide bonds. The van der Waals surface area contributed by atoms with Gasteiger partial charge in [-0.3, -0.25) is 4.79 Å². The molecule has 25 heavy (non-hydrogen) atoms. The lowest BCUT2D eigenvalue weighted by Crippen LogP contribution is -2.10. The van der Waals surface area contributed by atoms with Crippen molar-refractivity contribution in [3.8, 4) is 6.07 Å². The van der Waals surface area contributed by atoms with E-state index in [1.165, 1.54) is 0 Å². The lowest BCUT2D eigenvalue weighted by Gasteiger charge is -2.17. The first-order valence-corrected chi connectivity index (χ1v) is 8.38. The predicted octanol–water partition coefficient (Wildman–Crippen LogP) is 5.16. The number of carbonyl (C=O) groups excluding carboxylic acids is 1. The number of nitriles is 1. The van der Waals surface area contributed by atoms with E-state index in [-0.39, 0.29) is 11.7 Å². The minimum absolute atomic E-state index is 0.113. The summed E-state index contributed by atoms with van der Waals surface area (Å²) in [6.07, 6.45) is 1.24. The molecule has 2 nitrogen and oxygen atoms in total. The Hall–Kier alpha value is -3.18. The van der Waals surface area contributed by atoms with Gasteiger partial charge >= 0.3 is 0 Å². The Morgan fingerprint density at radius 1 is 0.840 bits per heavy atom. The van der Waals surface area contributed by atoms with E-state index in [1.54, 1.807) is 0 Å². The number of carbonyl (C=O) groups is 1. The average molecular weight is 325 g/mol. The van der Waals surface area contributed by atoms with Gasteiger partial charge in [0.2, 0.25) is 0 Å². The van der Waals surface area contributed by atoms with Crippen LogP contribution in [0.25, 0.3) is 0 Å². The van der Waals surface area contributed by atoms with Crippen LogP contribution in [0.1, 0.15) is 39.4 Å². The zero-order valence-electron chi connectivity index (χ0n) is 13.9. The van der Waals surface area contributed by atoms with Crippen LogP contribution < -0.4 is 0 Å². The molecule has 3 rings (SSSR count). The summed E-state index contributed by atoms with van der Waals surface area (Å²) in [5, 5.41) is 8.94. The van der Waals surface area contributed by atoms with Gasteiger partial charge in [0.25, 0.3) is 0 Å². The molecule has 0 N–H and O–H groups in total. The third kappa shape index (κ3) is 4.43. The highest BCUT2D eigenvalue weighted by Crippen LogP contribution is 2.26. The Balaban J connectivity index is 1.82. The van der Waals surface area contributed by atoms with E-state index in [2.05, 4.69) is 18.2 Å². The van der Waals surface area contributed by atoms with Crippen LogP contribution in [-0.4, -0.2) is 5.78 Å². The zero-order valence-corrected chi connectivity index (χ0v) is 13.9. The number of Topliss-reactive ketones (excluding diaryl/α,β-unsaturated/α-hetero) is 1. The maximum Gasteiger partial charge on any atom is 0.163 e. The van der Waals surface area contributed by atoms with Crippen LogP contribution in [0, 0.1) is 11.3 Å². The van der Waals surface area contributed by atoms with Gasteiger partial charge in [0.15, 0.2) is 5.78 Å². The van der Waals surface area contributed by atoms with Gasteiger partial charge in [-0.25, -0.2) is 0 Å². The summed E-state index contributed by atoms with van der Waals surface area (Å²) in [6, 6.07) is 29.3. The fourth-order valence-electron chi connectivity index (χ4n) is 3.00. The van der Waals surface area contributed by atoms with Gasteiger partial charge in [0, 0.05) is 12.0 Å². The van der Waals surface area contributed by atoms with E-state index < -0.39 is 0 Å². The van der Waals surface area contributed by atoms with Crippen LogP contribution >= 0.6 is 0 Å². The van der Waals surface area contributed by atoms with E-state index in [4.69, 9.17) is 5.26 Å². The molecule has 0 heterocycles. The Morgan fingerprint density at radius 2 is 1.44 bits per heavy atom. The zero-order chi connectivity index (χ0) is 17.5. The van der Waals surface area contributed by atoms with Crippen LogP contribution in [0.5, 0.6) is 0 Å². The summed E-state index contributed by atoms with van der Waals surface area (Å²) in [6.45, 7) is 0. The monoisotopic (exact) mass is 325 g/mol. The number of rotatable bonds is 6. The van der Waals surface area contributed by atoms with Gasteiger partial charge in [-0.2, -0.15) is 5.26 Å². The van der Waals surface area contributed by atoms with Crippen LogP contribution in [0.2, 0.25) is 0 Å². The van der Waals surface area contributed by atoms with E-state index in [1.807, 2.05) is 72.8 Å². The van der Waals surface area contributed by atoms with Crippen molar-refractivity contribution in [2.75, 3.05) is 0 Å². The van der Waals surface area contributed by atoms with Crippen molar-refractivity contribution in [2.24, 2.45) is 0 Å². The van der Waals surface area contributed by atoms with Crippen molar-refractivity contribution in [3.63, 3.8) is 0 Å². The van der Waals surface area contributed by atoms with Gasteiger partial charge in [0.1, 0.15) is 0 Å². The highest BCUT2D eigenvalue weighted by molar-refractivity contribution is 5.96. The van der Waals surface area contributed by atoms with Gasteiger partial charge in [-0.15, -0.1) is 0 Å². The Labute approximate surface area is 148 Å². The minimum Gasteiger partial charge on any atom is -0.294 e. The van der Waals surface area contributed by atoms with E-state index in [0.29, 0.717) is 12.0 Å². The van der Waals surface area contributed by atoms with Crippen LogP contribution in [0.4, 0.5) is 0 Å². The molecule has 3 aromatic carbocycles. The van der Waals surface area contributed by atoms with Crippen molar-refractivity contribution in [3.05, 3.63) is 107 Å². The largest absolute Gasteiger partial charge is 0.294 e. The maximum absolute atomic E-state index is 12.7. The normalized spacial score (nSPS) is 11.5. The standard InChI is InChI=1S/C23H19NO/c24-17-19-13-11-18(12-14-19)15-22(20-7-3-1-4-8-20)16-23(25)21-9-5-2-6-10-21/h1-14,22H,15-16H2. The Bertz CT molecular complexity index is 861. The first kappa shape index (κ1) is 16.7. The van der Waals surface area contributed by atoms with Crippen LogP contribution in [0.15, 0.2) is 84.9 Å². The van der Waals surface area contributed by atoms with Crippen molar-refractivity contribution < 1.29 is 4.79 Å². The van der Waals surface area contributed by atoms with Crippen molar-refractivity contribution in [2.45, 2.75) is 18.8 Å².